The van der Waals surface area contributed by atoms with Crippen molar-refractivity contribution in [2.75, 3.05) is 0 Å². The van der Waals surface area contributed by atoms with Crippen LogP contribution in [0.1, 0.15) is 5.56 Å². The van der Waals surface area contributed by atoms with Crippen LogP contribution in [0.25, 0.3) is 0 Å². The van der Waals surface area contributed by atoms with Crippen molar-refractivity contribution < 1.29 is 19.4 Å². The zero-order valence-electron chi connectivity index (χ0n) is 7.92. The third kappa shape index (κ3) is 3.40. The zero-order valence-corrected chi connectivity index (χ0v) is 7.92. The third-order valence-corrected chi connectivity index (χ3v) is 1.86. The van der Waals surface area contributed by atoms with E-state index in [2.05, 4.69) is 4.74 Å². The Morgan fingerprint density at radius 3 is 2.60 bits per heavy atom. The van der Waals surface area contributed by atoms with E-state index in [0.29, 0.717) is 0 Å². The summed E-state index contributed by atoms with van der Waals surface area (Å²) < 4.78 is 4.11. The van der Waals surface area contributed by atoms with E-state index < -0.39 is 12.0 Å². The van der Waals surface area contributed by atoms with E-state index in [9.17, 15) is 9.59 Å². The van der Waals surface area contributed by atoms with E-state index in [-0.39, 0.29) is 18.6 Å². The van der Waals surface area contributed by atoms with Crippen LogP contribution in [-0.2, 0) is 20.7 Å². The van der Waals surface area contributed by atoms with E-state index in [1.54, 1.807) is 12.1 Å². The van der Waals surface area contributed by atoms with Gasteiger partial charge in [0.1, 0.15) is 11.8 Å². The van der Waals surface area contributed by atoms with Gasteiger partial charge >= 0.3 is 12.4 Å². The summed E-state index contributed by atoms with van der Waals surface area (Å²) in [6, 6.07) is 5.40. The van der Waals surface area contributed by atoms with E-state index >= 15 is 0 Å². The number of carbonyl (C=O) groups is 2. The molecule has 0 aliphatic carbocycles. The highest BCUT2D eigenvalue weighted by atomic mass is 16.6. The topological polar surface area (TPSA) is 89.6 Å². The summed E-state index contributed by atoms with van der Waals surface area (Å²) in [4.78, 5) is 20.9. The van der Waals surface area contributed by atoms with E-state index in [1.165, 1.54) is 12.1 Å². The lowest BCUT2D eigenvalue weighted by Gasteiger charge is -2.07. The number of ether oxygens (including phenoxy) is 1. The van der Waals surface area contributed by atoms with E-state index in [4.69, 9.17) is 10.8 Å². The summed E-state index contributed by atoms with van der Waals surface area (Å²) in [5.41, 5.74) is 6.26. The van der Waals surface area contributed by atoms with Gasteiger partial charge in [0.25, 0.3) is 0 Å². The van der Waals surface area contributed by atoms with E-state index in [1.807, 2.05) is 0 Å². The van der Waals surface area contributed by atoms with Gasteiger partial charge in [-0.2, -0.15) is 0 Å². The molecule has 0 bridgehead atoms. The predicted molar refractivity (Wildman–Crippen MR) is 51.9 cm³/mol. The van der Waals surface area contributed by atoms with Gasteiger partial charge in [-0.05, 0) is 24.1 Å². The molecule has 0 aromatic heterocycles. The SMILES string of the molecule is N[C@@H](Cc1ccc(O)cc1)C(=O)OC=O. The number of carbonyl (C=O) groups excluding carboxylic acids is 2. The van der Waals surface area contributed by atoms with Crippen LogP contribution in [-0.4, -0.2) is 23.6 Å². The molecule has 0 aliphatic rings. The second kappa shape index (κ2) is 5.11. The molecule has 80 valence electrons. The molecule has 0 fully saturated rings. The van der Waals surface area contributed by atoms with Crippen molar-refractivity contribution in [2.24, 2.45) is 5.73 Å². The Bertz CT molecular complexity index is 347. The lowest BCUT2D eigenvalue weighted by molar-refractivity contribution is -0.152. The molecule has 0 heterocycles. The average molecular weight is 209 g/mol. The van der Waals surface area contributed by atoms with Crippen LogP contribution in [0.15, 0.2) is 24.3 Å². The van der Waals surface area contributed by atoms with Crippen molar-refractivity contribution in [2.45, 2.75) is 12.5 Å². The van der Waals surface area contributed by atoms with E-state index in [0.717, 1.165) is 5.56 Å². The minimum Gasteiger partial charge on any atom is -0.508 e. The smallest absolute Gasteiger partial charge is 0.330 e. The minimum atomic E-state index is -0.875. The first-order valence-electron chi connectivity index (χ1n) is 4.31. The van der Waals surface area contributed by atoms with Gasteiger partial charge in [-0.1, -0.05) is 12.1 Å². The Labute approximate surface area is 86.5 Å². The lowest BCUT2D eigenvalue weighted by atomic mass is 10.1. The largest absolute Gasteiger partial charge is 0.508 e. The molecule has 0 spiro atoms. The second-order valence-electron chi connectivity index (χ2n) is 3.01. The van der Waals surface area contributed by atoms with Gasteiger partial charge < -0.3 is 15.6 Å². The molecule has 5 nitrogen and oxygen atoms in total. The first kappa shape index (κ1) is 11.2. The Kier molecular flexibility index (Phi) is 3.82. The summed E-state index contributed by atoms with van der Waals surface area (Å²) in [5, 5.41) is 9.02. The summed E-state index contributed by atoms with van der Waals surface area (Å²) in [6.45, 7) is 0.0546. The van der Waals surface area contributed by atoms with Crippen molar-refractivity contribution in [3.05, 3.63) is 29.8 Å². The fraction of sp³-hybridized carbons (Fsp3) is 0.200. The van der Waals surface area contributed by atoms with Gasteiger partial charge in [0.2, 0.25) is 0 Å². The third-order valence-electron chi connectivity index (χ3n) is 1.86. The number of nitrogens with two attached hydrogens (primary N) is 1. The monoisotopic (exact) mass is 209 g/mol. The van der Waals surface area contributed by atoms with Crippen LogP contribution in [0, 0.1) is 0 Å². The maximum atomic E-state index is 11.0. The molecule has 0 saturated heterocycles. The van der Waals surface area contributed by atoms with Crippen molar-refractivity contribution in [3.63, 3.8) is 0 Å². The van der Waals surface area contributed by atoms with Gasteiger partial charge in [0.05, 0.1) is 0 Å². The number of hydrogen-bond donors (Lipinski definition) is 2. The zero-order chi connectivity index (χ0) is 11.3. The summed E-state index contributed by atoms with van der Waals surface area (Å²) in [6.07, 6.45) is 0.257. The average Bonchev–Trinajstić information content (AvgIpc) is 2.22. The van der Waals surface area contributed by atoms with Gasteiger partial charge in [-0.25, -0.2) is 4.79 Å². The number of phenolic OH excluding ortho intramolecular Hbond substituents is 1. The van der Waals surface area contributed by atoms with Crippen LogP contribution >= 0.6 is 0 Å². The molecule has 0 aliphatic heterocycles. The fourth-order valence-electron chi connectivity index (χ4n) is 1.10. The van der Waals surface area contributed by atoms with Crippen LogP contribution in [0.2, 0.25) is 0 Å². The maximum absolute atomic E-state index is 11.0. The summed E-state index contributed by atoms with van der Waals surface area (Å²) in [5.74, 6) is -0.624. The van der Waals surface area contributed by atoms with Crippen LogP contribution in [0.3, 0.4) is 0 Å². The molecule has 1 aromatic rings. The highest BCUT2D eigenvalue weighted by Crippen LogP contribution is 2.10. The summed E-state index contributed by atoms with van der Waals surface area (Å²) >= 11 is 0. The number of phenols is 1. The van der Waals surface area contributed by atoms with Gasteiger partial charge in [0, 0.05) is 0 Å². The van der Waals surface area contributed by atoms with Gasteiger partial charge in [0.15, 0.2) is 0 Å². The lowest BCUT2D eigenvalue weighted by Crippen LogP contribution is -2.34. The van der Waals surface area contributed by atoms with Crippen LogP contribution in [0.4, 0.5) is 0 Å². The fourth-order valence-corrected chi connectivity index (χ4v) is 1.10. The van der Waals surface area contributed by atoms with Crippen molar-refractivity contribution in [1.82, 2.24) is 0 Å². The number of benzene rings is 1. The molecule has 0 amide bonds. The number of hydrogen-bond acceptors (Lipinski definition) is 5. The Morgan fingerprint density at radius 1 is 1.47 bits per heavy atom. The molecule has 0 radical (unpaired) electrons. The molecule has 5 heteroatoms. The minimum absolute atomic E-state index is 0.0546. The highest BCUT2D eigenvalue weighted by Gasteiger charge is 2.15. The molecule has 3 N–H and O–H groups in total. The van der Waals surface area contributed by atoms with Gasteiger partial charge in [-0.15, -0.1) is 0 Å². The molecule has 15 heavy (non-hydrogen) atoms. The molecule has 0 unspecified atom stereocenters. The maximum Gasteiger partial charge on any atom is 0.330 e. The van der Waals surface area contributed by atoms with Crippen molar-refractivity contribution in [1.29, 1.82) is 0 Å². The standard InChI is InChI=1S/C10H11NO4/c11-9(10(14)15-6-12)5-7-1-3-8(13)4-2-7/h1-4,6,9,13H,5,11H2/t9-/m0/s1. The molecule has 0 saturated carbocycles. The second-order valence-corrected chi connectivity index (χ2v) is 3.01. The first-order valence-corrected chi connectivity index (χ1v) is 4.31. The molecular weight excluding hydrogens is 198 g/mol. The van der Waals surface area contributed by atoms with Crippen LogP contribution < -0.4 is 5.73 Å². The number of esters is 1. The number of rotatable bonds is 4. The van der Waals surface area contributed by atoms with Crippen LogP contribution in [0.5, 0.6) is 5.75 Å². The summed E-state index contributed by atoms with van der Waals surface area (Å²) in [7, 11) is 0. The molecule has 1 atom stereocenters. The molecule has 1 rings (SSSR count). The van der Waals surface area contributed by atoms with Gasteiger partial charge in [-0.3, -0.25) is 4.79 Å². The number of aromatic hydroxyl groups is 1. The quantitative estimate of drug-likeness (QED) is 0.412. The Balaban J connectivity index is 2.57. The Hall–Kier alpha value is -1.88. The molecule has 1 aromatic carbocycles. The highest BCUT2D eigenvalue weighted by molar-refractivity contribution is 5.81. The predicted octanol–water partition coefficient (Wildman–Crippen LogP) is -0.0384. The normalized spacial score (nSPS) is 11.8. The van der Waals surface area contributed by atoms with Crippen molar-refractivity contribution in [3.8, 4) is 5.75 Å². The van der Waals surface area contributed by atoms with Crippen molar-refractivity contribution >= 4 is 12.4 Å². The molecular formula is C10H11NO4. The first-order chi connectivity index (χ1) is 7.13. The Morgan fingerprint density at radius 2 is 2.07 bits per heavy atom.